The van der Waals surface area contributed by atoms with Crippen molar-refractivity contribution >= 4 is 23.3 Å². The molecular weight excluding hydrogens is 290 g/mol. The number of rotatable bonds is 6. The summed E-state index contributed by atoms with van der Waals surface area (Å²) in [4.78, 5) is 18.3. The van der Waals surface area contributed by atoms with E-state index in [2.05, 4.69) is 17.2 Å². The van der Waals surface area contributed by atoms with Crippen LogP contribution in [0.15, 0.2) is 12.1 Å². The molecule has 1 aromatic rings. The zero-order valence-corrected chi connectivity index (χ0v) is 13.3. The summed E-state index contributed by atoms with van der Waals surface area (Å²) >= 11 is 6.00. The number of nitrogens with one attached hydrogen (secondary N) is 1. The standard InChI is InChI=1S/C15H22ClN3O2/c1-3-6-17-14-9-11(8-13(16)18-14)15(20)19(2)10-12-5-4-7-21-12/h8-9,12H,3-7,10H2,1-2H3,(H,17,18). The molecule has 1 N–H and O–H groups in total. The van der Waals surface area contributed by atoms with Crippen molar-refractivity contribution in [2.24, 2.45) is 0 Å². The number of anilines is 1. The molecule has 2 heterocycles. The van der Waals surface area contributed by atoms with E-state index in [0.29, 0.717) is 23.1 Å². The lowest BCUT2D eigenvalue weighted by Crippen LogP contribution is -2.34. The summed E-state index contributed by atoms with van der Waals surface area (Å²) in [5, 5.41) is 3.48. The van der Waals surface area contributed by atoms with Gasteiger partial charge in [0.1, 0.15) is 11.0 Å². The molecule has 1 saturated heterocycles. The third kappa shape index (κ3) is 4.58. The minimum absolute atomic E-state index is 0.0608. The molecule has 5 nitrogen and oxygen atoms in total. The highest BCUT2D eigenvalue weighted by atomic mass is 35.5. The number of amides is 1. The first-order valence-electron chi connectivity index (χ1n) is 7.38. The number of hydrogen-bond donors (Lipinski definition) is 1. The number of hydrogen-bond acceptors (Lipinski definition) is 4. The van der Waals surface area contributed by atoms with E-state index in [1.54, 1.807) is 24.1 Å². The van der Waals surface area contributed by atoms with Crippen molar-refractivity contribution in [2.45, 2.75) is 32.3 Å². The largest absolute Gasteiger partial charge is 0.376 e. The molecule has 21 heavy (non-hydrogen) atoms. The molecular formula is C15H22ClN3O2. The van der Waals surface area contributed by atoms with Crippen molar-refractivity contribution in [1.29, 1.82) is 0 Å². The Morgan fingerprint density at radius 3 is 3.05 bits per heavy atom. The fraction of sp³-hybridized carbons (Fsp3) is 0.600. The highest BCUT2D eigenvalue weighted by Crippen LogP contribution is 2.18. The molecule has 1 fully saturated rings. The Hall–Kier alpha value is -1.33. The molecule has 0 aromatic carbocycles. The maximum atomic E-state index is 12.5. The minimum atomic E-state index is -0.0608. The average Bonchev–Trinajstić information content (AvgIpc) is 2.96. The maximum Gasteiger partial charge on any atom is 0.253 e. The van der Waals surface area contributed by atoms with Crippen LogP contribution in [0.1, 0.15) is 36.5 Å². The Labute approximate surface area is 130 Å². The van der Waals surface area contributed by atoms with Gasteiger partial charge >= 0.3 is 0 Å². The maximum absolute atomic E-state index is 12.5. The molecule has 0 radical (unpaired) electrons. The van der Waals surface area contributed by atoms with Gasteiger partial charge in [-0.25, -0.2) is 4.98 Å². The van der Waals surface area contributed by atoms with Crippen LogP contribution >= 0.6 is 11.6 Å². The van der Waals surface area contributed by atoms with Gasteiger partial charge in [0.2, 0.25) is 0 Å². The first-order chi connectivity index (χ1) is 10.1. The second-order valence-electron chi connectivity index (χ2n) is 5.31. The molecule has 0 aliphatic carbocycles. The first kappa shape index (κ1) is 16.0. The SMILES string of the molecule is CCCNc1cc(C(=O)N(C)CC2CCCO2)cc(Cl)n1. The number of ether oxygens (including phenoxy) is 1. The summed E-state index contributed by atoms with van der Waals surface area (Å²) in [6.45, 7) is 4.26. The topological polar surface area (TPSA) is 54.5 Å². The highest BCUT2D eigenvalue weighted by Gasteiger charge is 2.21. The molecule has 0 bridgehead atoms. The molecule has 116 valence electrons. The Morgan fingerprint density at radius 2 is 2.38 bits per heavy atom. The number of aromatic nitrogens is 1. The zero-order valence-electron chi connectivity index (χ0n) is 12.6. The summed E-state index contributed by atoms with van der Waals surface area (Å²) in [5.74, 6) is 0.576. The van der Waals surface area contributed by atoms with E-state index in [1.807, 2.05) is 0 Å². The molecule has 6 heteroatoms. The summed E-state index contributed by atoms with van der Waals surface area (Å²) in [6.07, 6.45) is 3.21. The van der Waals surface area contributed by atoms with Crippen molar-refractivity contribution in [2.75, 3.05) is 32.1 Å². The van der Waals surface area contributed by atoms with Crippen molar-refractivity contribution in [3.8, 4) is 0 Å². The number of halogens is 1. The van der Waals surface area contributed by atoms with E-state index >= 15 is 0 Å². The fourth-order valence-electron chi connectivity index (χ4n) is 2.36. The number of pyridine rings is 1. The molecule has 2 rings (SSSR count). The van der Waals surface area contributed by atoms with Crippen LogP contribution < -0.4 is 5.32 Å². The van der Waals surface area contributed by atoms with Crippen LogP contribution in [0.2, 0.25) is 5.15 Å². The van der Waals surface area contributed by atoms with E-state index in [1.165, 1.54) is 0 Å². The van der Waals surface area contributed by atoms with E-state index in [-0.39, 0.29) is 12.0 Å². The Morgan fingerprint density at radius 1 is 1.57 bits per heavy atom. The van der Waals surface area contributed by atoms with Gasteiger partial charge in [-0.3, -0.25) is 4.79 Å². The summed E-state index contributed by atoms with van der Waals surface area (Å²) < 4.78 is 5.57. The number of carbonyl (C=O) groups excluding carboxylic acids is 1. The van der Waals surface area contributed by atoms with Crippen LogP contribution in [0.5, 0.6) is 0 Å². The minimum Gasteiger partial charge on any atom is -0.376 e. The van der Waals surface area contributed by atoms with Crippen LogP contribution in [0.4, 0.5) is 5.82 Å². The predicted molar refractivity (Wildman–Crippen MR) is 84.0 cm³/mol. The monoisotopic (exact) mass is 311 g/mol. The van der Waals surface area contributed by atoms with Crippen LogP contribution in [-0.4, -0.2) is 48.6 Å². The lowest BCUT2D eigenvalue weighted by atomic mass is 10.2. The van der Waals surface area contributed by atoms with Crippen molar-refractivity contribution in [3.63, 3.8) is 0 Å². The predicted octanol–water partition coefficient (Wildman–Crippen LogP) is 2.81. The molecule has 1 aromatic heterocycles. The summed E-state index contributed by atoms with van der Waals surface area (Å²) in [6, 6.07) is 3.35. The van der Waals surface area contributed by atoms with Crippen molar-refractivity contribution in [3.05, 3.63) is 22.8 Å². The smallest absolute Gasteiger partial charge is 0.253 e. The normalized spacial score (nSPS) is 17.8. The van der Waals surface area contributed by atoms with Gasteiger partial charge in [-0.05, 0) is 31.4 Å². The lowest BCUT2D eigenvalue weighted by Gasteiger charge is -2.21. The van der Waals surface area contributed by atoms with E-state index in [0.717, 1.165) is 32.4 Å². The van der Waals surface area contributed by atoms with Crippen molar-refractivity contribution in [1.82, 2.24) is 9.88 Å². The zero-order chi connectivity index (χ0) is 15.2. The van der Waals surface area contributed by atoms with Gasteiger partial charge in [0.05, 0.1) is 6.10 Å². The third-order valence-corrected chi connectivity index (χ3v) is 3.64. The van der Waals surface area contributed by atoms with Crippen LogP contribution in [0.3, 0.4) is 0 Å². The molecule has 1 aliphatic heterocycles. The third-order valence-electron chi connectivity index (χ3n) is 3.45. The lowest BCUT2D eigenvalue weighted by molar-refractivity contribution is 0.0587. The number of carbonyl (C=O) groups is 1. The van der Waals surface area contributed by atoms with Gasteiger partial charge in [0, 0.05) is 32.3 Å². The van der Waals surface area contributed by atoms with Crippen LogP contribution in [0, 0.1) is 0 Å². The van der Waals surface area contributed by atoms with E-state index in [4.69, 9.17) is 16.3 Å². The number of nitrogens with zero attached hydrogens (tertiary/aromatic N) is 2. The van der Waals surface area contributed by atoms with E-state index in [9.17, 15) is 4.79 Å². The van der Waals surface area contributed by atoms with Gasteiger partial charge in [0.15, 0.2) is 0 Å². The van der Waals surface area contributed by atoms with Gasteiger partial charge in [-0.1, -0.05) is 18.5 Å². The summed E-state index contributed by atoms with van der Waals surface area (Å²) in [7, 11) is 1.79. The molecule has 1 amide bonds. The Bertz CT molecular complexity index is 490. The second-order valence-corrected chi connectivity index (χ2v) is 5.70. The fourth-order valence-corrected chi connectivity index (χ4v) is 2.57. The molecule has 1 aliphatic rings. The Kier molecular flexibility index (Phi) is 5.82. The van der Waals surface area contributed by atoms with Gasteiger partial charge in [0.25, 0.3) is 5.91 Å². The highest BCUT2D eigenvalue weighted by molar-refractivity contribution is 6.29. The average molecular weight is 312 g/mol. The second kappa shape index (κ2) is 7.61. The van der Waals surface area contributed by atoms with Gasteiger partial charge in [-0.2, -0.15) is 0 Å². The van der Waals surface area contributed by atoms with Gasteiger partial charge < -0.3 is 15.0 Å². The molecule has 1 unspecified atom stereocenters. The molecule has 1 atom stereocenters. The van der Waals surface area contributed by atoms with E-state index < -0.39 is 0 Å². The van der Waals surface area contributed by atoms with Crippen LogP contribution in [0.25, 0.3) is 0 Å². The number of likely N-dealkylation sites (N-methyl/N-ethyl adjacent to an activating group) is 1. The first-order valence-corrected chi connectivity index (χ1v) is 7.76. The quantitative estimate of drug-likeness (QED) is 0.821. The summed E-state index contributed by atoms with van der Waals surface area (Å²) in [5.41, 5.74) is 0.550. The molecule has 0 spiro atoms. The Balaban J connectivity index is 2.04. The van der Waals surface area contributed by atoms with Crippen LogP contribution in [-0.2, 0) is 4.74 Å². The molecule has 0 saturated carbocycles. The van der Waals surface area contributed by atoms with Crippen molar-refractivity contribution < 1.29 is 9.53 Å². The van der Waals surface area contributed by atoms with Gasteiger partial charge in [-0.15, -0.1) is 0 Å².